The van der Waals surface area contributed by atoms with Crippen LogP contribution in [-0.2, 0) is 11.2 Å². The monoisotopic (exact) mass is 730 g/mol. The highest BCUT2D eigenvalue weighted by atomic mass is 32.2. The predicted octanol–water partition coefficient (Wildman–Crippen LogP) is 5.16. The van der Waals surface area contributed by atoms with Crippen molar-refractivity contribution in [2.24, 2.45) is 0 Å². The number of aliphatic hydroxyl groups excluding tert-OH is 2. The van der Waals surface area contributed by atoms with Crippen molar-refractivity contribution in [1.82, 2.24) is 20.9 Å². The van der Waals surface area contributed by atoms with Gasteiger partial charge in [-0.15, -0.1) is 0 Å². The van der Waals surface area contributed by atoms with E-state index in [1.165, 1.54) is 24.2 Å². The van der Waals surface area contributed by atoms with Crippen LogP contribution in [-0.4, -0.2) is 86.3 Å². The van der Waals surface area contributed by atoms with Crippen molar-refractivity contribution in [3.8, 4) is 0 Å². The maximum absolute atomic E-state index is 14.3. The first-order chi connectivity index (χ1) is 24.1. The highest BCUT2D eigenvalue weighted by Gasteiger charge is 2.36. The van der Waals surface area contributed by atoms with E-state index >= 15 is 0 Å². The molecule has 0 saturated carbocycles. The van der Waals surface area contributed by atoms with Crippen molar-refractivity contribution in [2.75, 3.05) is 17.8 Å². The molecule has 13 heteroatoms. The van der Waals surface area contributed by atoms with Gasteiger partial charge in [0.25, 0.3) is 11.8 Å². The first-order valence-corrected chi connectivity index (χ1v) is 19.3. The molecule has 9 nitrogen and oxygen atoms in total. The Morgan fingerprint density at radius 3 is 2.02 bits per heavy atom. The Hall–Kier alpha value is -3.52. The molecule has 0 fully saturated rings. The van der Waals surface area contributed by atoms with Gasteiger partial charge in [0.2, 0.25) is 5.91 Å². The SMILES string of the molecule is CCCC(CCC)SC[C@@H](NC(=O)c1cccnc1)C(=O)N[C@@H](Cc1cc(F)cc(F)c1)[C@@H](O)[C@H](O)[C@@H](CCSC)NC(=O)c1ccccc1. The zero-order chi connectivity index (χ0) is 36.5. The molecule has 0 unspecified atom stereocenters. The van der Waals surface area contributed by atoms with E-state index in [1.54, 1.807) is 54.2 Å². The molecule has 5 atom stereocenters. The standard InChI is InChI=1S/C37H48F2N4O5S2/c1-4-10-29(11-5-2)50-23-32(43-36(47)26-14-9-16-40-22-26)37(48)42-31(20-24-18-27(38)21-28(39)19-24)34(45)33(44)30(15-17-49-3)41-35(46)25-12-7-6-8-13-25/h6-9,12-14,16,18-19,21-22,29-34,44-45H,4-5,10-11,15,17,20,23H2,1-3H3,(H,41,46)(H,42,48)(H,43,47)/t30-,31+,32-,33-,34-/m1/s1. The lowest BCUT2D eigenvalue weighted by Crippen LogP contribution is -2.59. The first kappa shape index (κ1) is 40.9. The maximum Gasteiger partial charge on any atom is 0.253 e. The van der Waals surface area contributed by atoms with Crippen LogP contribution >= 0.6 is 23.5 Å². The molecule has 2 aromatic carbocycles. The van der Waals surface area contributed by atoms with E-state index in [9.17, 15) is 33.4 Å². The van der Waals surface area contributed by atoms with Gasteiger partial charge in [-0.3, -0.25) is 19.4 Å². The Balaban J connectivity index is 1.93. The highest BCUT2D eigenvalue weighted by molar-refractivity contribution is 8.00. The summed E-state index contributed by atoms with van der Waals surface area (Å²) in [5.74, 6) is -2.57. The van der Waals surface area contributed by atoms with Crippen LogP contribution in [0.15, 0.2) is 73.1 Å². The van der Waals surface area contributed by atoms with E-state index in [0.29, 0.717) is 17.4 Å². The summed E-state index contributed by atoms with van der Waals surface area (Å²) < 4.78 is 28.5. The first-order valence-electron chi connectivity index (χ1n) is 16.8. The van der Waals surface area contributed by atoms with Gasteiger partial charge in [0.1, 0.15) is 29.9 Å². The smallest absolute Gasteiger partial charge is 0.253 e. The van der Waals surface area contributed by atoms with Crippen molar-refractivity contribution in [1.29, 1.82) is 0 Å². The van der Waals surface area contributed by atoms with Crippen LogP contribution in [0.25, 0.3) is 0 Å². The molecular weight excluding hydrogens is 683 g/mol. The number of halogens is 2. The number of amides is 3. The van der Waals surface area contributed by atoms with E-state index in [-0.39, 0.29) is 35.0 Å². The largest absolute Gasteiger partial charge is 0.388 e. The number of aromatic nitrogens is 1. The average Bonchev–Trinajstić information content (AvgIpc) is 3.11. The third-order valence-corrected chi connectivity index (χ3v) is 10.2. The fourth-order valence-corrected chi connectivity index (χ4v) is 7.52. The van der Waals surface area contributed by atoms with E-state index < -0.39 is 59.7 Å². The lowest BCUT2D eigenvalue weighted by molar-refractivity contribution is -0.125. The summed E-state index contributed by atoms with van der Waals surface area (Å²) >= 11 is 3.05. The predicted molar refractivity (Wildman–Crippen MR) is 196 cm³/mol. The van der Waals surface area contributed by atoms with Gasteiger partial charge in [0, 0.05) is 35.0 Å². The summed E-state index contributed by atoms with van der Waals surface area (Å²) in [7, 11) is 0. The number of rotatable bonds is 21. The van der Waals surface area contributed by atoms with Gasteiger partial charge in [-0.1, -0.05) is 44.9 Å². The number of nitrogens with one attached hydrogen (secondary N) is 3. The van der Waals surface area contributed by atoms with Crippen LogP contribution < -0.4 is 16.0 Å². The molecule has 3 aromatic rings. The lowest BCUT2D eigenvalue weighted by atomic mass is 9.92. The number of carbonyl (C=O) groups excluding carboxylic acids is 3. The molecule has 0 aliphatic heterocycles. The number of hydrogen-bond donors (Lipinski definition) is 5. The molecule has 1 heterocycles. The van der Waals surface area contributed by atoms with E-state index in [2.05, 4.69) is 34.8 Å². The van der Waals surface area contributed by atoms with Crippen LogP contribution in [0.3, 0.4) is 0 Å². The second kappa shape index (κ2) is 21.6. The van der Waals surface area contributed by atoms with Gasteiger partial charge in [0.05, 0.1) is 17.6 Å². The summed E-state index contributed by atoms with van der Waals surface area (Å²) in [6, 6.07) is 11.2. The average molecular weight is 731 g/mol. The number of hydrogen-bond acceptors (Lipinski definition) is 8. The molecule has 272 valence electrons. The summed E-state index contributed by atoms with van der Waals surface area (Å²) in [4.78, 5) is 44.3. The normalized spacial score (nSPS) is 14.3. The molecule has 0 spiro atoms. The fourth-order valence-electron chi connectivity index (χ4n) is 5.52. The van der Waals surface area contributed by atoms with Crippen LogP contribution in [0.4, 0.5) is 8.78 Å². The summed E-state index contributed by atoms with van der Waals surface area (Å²) in [6.07, 6.45) is 5.27. The molecular formula is C37H48F2N4O5S2. The second-order valence-electron chi connectivity index (χ2n) is 12.1. The Kier molecular flexibility index (Phi) is 17.7. The number of pyridine rings is 1. The second-order valence-corrected chi connectivity index (χ2v) is 14.4. The Bertz CT molecular complexity index is 1460. The number of benzene rings is 2. The van der Waals surface area contributed by atoms with Crippen molar-refractivity contribution in [3.63, 3.8) is 0 Å². The third-order valence-electron chi connectivity index (χ3n) is 8.13. The lowest BCUT2D eigenvalue weighted by Gasteiger charge is -2.34. The zero-order valence-corrected chi connectivity index (χ0v) is 30.3. The van der Waals surface area contributed by atoms with Crippen molar-refractivity contribution in [2.45, 2.75) is 88.0 Å². The van der Waals surface area contributed by atoms with E-state index in [0.717, 1.165) is 37.8 Å². The molecule has 0 bridgehead atoms. The topological polar surface area (TPSA) is 141 Å². The minimum atomic E-state index is -1.69. The molecule has 0 radical (unpaired) electrons. The Morgan fingerprint density at radius 1 is 0.800 bits per heavy atom. The minimum Gasteiger partial charge on any atom is -0.388 e. The maximum atomic E-state index is 14.3. The number of thioether (sulfide) groups is 2. The number of nitrogens with zero attached hydrogens (tertiary/aromatic N) is 1. The van der Waals surface area contributed by atoms with Gasteiger partial charge in [-0.25, -0.2) is 8.78 Å². The number of carbonyl (C=O) groups is 3. The summed E-state index contributed by atoms with van der Waals surface area (Å²) in [5.41, 5.74) is 0.740. The molecule has 1 aromatic heterocycles. The molecule has 50 heavy (non-hydrogen) atoms. The van der Waals surface area contributed by atoms with E-state index in [4.69, 9.17) is 0 Å². The van der Waals surface area contributed by atoms with Gasteiger partial charge in [-0.2, -0.15) is 23.5 Å². The molecule has 3 amide bonds. The number of aliphatic hydroxyl groups is 2. The quantitative estimate of drug-likeness (QED) is 0.101. The van der Waals surface area contributed by atoms with Crippen LogP contribution in [0.2, 0.25) is 0 Å². The molecule has 3 rings (SSSR count). The molecule has 0 aliphatic carbocycles. The summed E-state index contributed by atoms with van der Waals surface area (Å²) in [5, 5.41) is 31.8. The van der Waals surface area contributed by atoms with Crippen molar-refractivity contribution in [3.05, 3.63) is 101 Å². The fraction of sp³-hybridized carbons (Fsp3) is 0.459. The van der Waals surface area contributed by atoms with Gasteiger partial charge in [0.15, 0.2) is 0 Å². The van der Waals surface area contributed by atoms with E-state index in [1.807, 2.05) is 6.26 Å². The van der Waals surface area contributed by atoms with Crippen LogP contribution in [0.1, 0.15) is 72.2 Å². The summed E-state index contributed by atoms with van der Waals surface area (Å²) in [6.45, 7) is 4.16. The Morgan fingerprint density at radius 2 is 1.42 bits per heavy atom. The molecule has 0 aliphatic rings. The van der Waals surface area contributed by atoms with Gasteiger partial charge < -0.3 is 26.2 Å². The van der Waals surface area contributed by atoms with Crippen molar-refractivity contribution < 1.29 is 33.4 Å². The minimum absolute atomic E-state index is 0.129. The molecule has 5 N–H and O–H groups in total. The highest BCUT2D eigenvalue weighted by Crippen LogP contribution is 2.23. The zero-order valence-electron chi connectivity index (χ0n) is 28.7. The van der Waals surface area contributed by atoms with Crippen LogP contribution in [0.5, 0.6) is 0 Å². The van der Waals surface area contributed by atoms with Crippen LogP contribution in [0, 0.1) is 11.6 Å². The van der Waals surface area contributed by atoms with Gasteiger partial charge >= 0.3 is 0 Å². The molecule has 0 saturated heterocycles. The third kappa shape index (κ3) is 13.3. The van der Waals surface area contributed by atoms with Gasteiger partial charge in [-0.05, 0) is 79.7 Å². The Labute approximate surface area is 301 Å². The van der Waals surface area contributed by atoms with Crippen molar-refractivity contribution >= 4 is 41.2 Å².